The second-order valence-electron chi connectivity index (χ2n) is 2.38. The van der Waals surface area contributed by atoms with Gasteiger partial charge in [0, 0.05) is 25.8 Å². The Hall–Kier alpha value is 1.25. The summed E-state index contributed by atoms with van der Waals surface area (Å²) in [6, 6.07) is 4.13. The summed E-state index contributed by atoms with van der Waals surface area (Å²) in [6.07, 6.45) is 0. The van der Waals surface area contributed by atoms with Crippen molar-refractivity contribution in [2.24, 2.45) is 0 Å². The van der Waals surface area contributed by atoms with Crippen molar-refractivity contribution in [1.29, 1.82) is 0 Å². The summed E-state index contributed by atoms with van der Waals surface area (Å²) in [5.74, 6) is 0. The van der Waals surface area contributed by atoms with Crippen LogP contribution in [0.2, 0.25) is 0 Å². The molecule has 1 aromatic carbocycles. The van der Waals surface area contributed by atoms with Gasteiger partial charge in [-0.2, -0.15) is 0 Å². The van der Waals surface area contributed by atoms with Gasteiger partial charge in [0.05, 0.1) is 0 Å². The molecule has 3 heteroatoms. The van der Waals surface area contributed by atoms with Crippen molar-refractivity contribution in [2.45, 2.75) is 11.8 Å². The molecule has 0 nitrogen and oxygen atoms in total. The quantitative estimate of drug-likeness (QED) is 0.271. The van der Waals surface area contributed by atoms with Gasteiger partial charge in [-0.25, -0.2) is 0 Å². The summed E-state index contributed by atoms with van der Waals surface area (Å²) >= 11 is 4.22. The smallest absolute Gasteiger partial charge is 0 e. The van der Waals surface area contributed by atoms with Crippen LogP contribution in [0.3, 0.4) is 0 Å². The van der Waals surface area contributed by atoms with E-state index in [1.54, 1.807) is 0 Å². The minimum Gasteiger partial charge on any atom is 0 e. The van der Waals surface area contributed by atoms with Crippen LogP contribution in [0.15, 0.2) is 17.0 Å². The van der Waals surface area contributed by atoms with Crippen LogP contribution in [0.25, 0.3) is 0 Å². The summed E-state index contributed by atoms with van der Waals surface area (Å²) in [7, 11) is 0. The predicted molar refractivity (Wildman–Crippen MR) is 43.7 cm³/mol. The normalized spacial score (nSPS) is 9.09. The molecule has 0 fully saturated rings. The molecule has 0 bridgehead atoms. The van der Waals surface area contributed by atoms with E-state index in [4.69, 9.17) is 0 Å². The molecule has 0 saturated carbocycles. The summed E-state index contributed by atoms with van der Waals surface area (Å²) < 4.78 is 1.47. The molecule has 0 aliphatic rings. The zero-order valence-corrected chi connectivity index (χ0v) is 16.7. The molecule has 0 unspecified atom stereocenters. The van der Waals surface area contributed by atoms with Crippen LogP contribution >= 0.6 is 0 Å². The van der Waals surface area contributed by atoms with Crippen molar-refractivity contribution in [3.63, 3.8) is 0 Å². The van der Waals surface area contributed by atoms with Crippen molar-refractivity contribution in [2.75, 3.05) is 0 Å². The van der Waals surface area contributed by atoms with Crippen LogP contribution in [0.4, 0.5) is 0 Å². The molecule has 1 aromatic rings. The maximum atomic E-state index is 3.95. The van der Waals surface area contributed by atoms with E-state index < -0.39 is 0 Å². The Morgan fingerprint density at radius 1 is 1.45 bits per heavy atom. The van der Waals surface area contributed by atoms with E-state index in [0.29, 0.717) is 26.1 Å². The molecule has 1 rings (SSSR count). The summed E-state index contributed by atoms with van der Waals surface area (Å²) in [6.45, 7) is 6.09. The first-order valence-electron chi connectivity index (χ1n) is 3.12. The van der Waals surface area contributed by atoms with Crippen molar-refractivity contribution < 1.29 is 52.0 Å². The van der Waals surface area contributed by atoms with Crippen molar-refractivity contribution in [3.8, 4) is 0 Å². The molecule has 11 heavy (non-hydrogen) atoms. The molecule has 0 aromatic heterocycles. The van der Waals surface area contributed by atoms with E-state index in [1.165, 1.54) is 19.1 Å². The van der Waals surface area contributed by atoms with Gasteiger partial charge in [-0.1, -0.05) is 0 Å². The molecule has 0 spiro atoms. The average Bonchev–Trinajstić information content (AvgIpc) is 1.93. The van der Waals surface area contributed by atoms with Gasteiger partial charge < -0.3 is 0 Å². The third-order valence-electron chi connectivity index (χ3n) is 1.70. The van der Waals surface area contributed by atoms with E-state index in [0.717, 1.165) is 0 Å². The maximum Gasteiger partial charge on any atom is 0 e. The van der Waals surface area contributed by atoms with Crippen LogP contribution in [-0.4, -0.2) is 0 Å². The molecule has 0 aliphatic carbocycles. The predicted octanol–water partition coefficient (Wildman–Crippen LogP) is 0.717. The van der Waals surface area contributed by atoms with E-state index in [1.807, 2.05) is 0 Å². The van der Waals surface area contributed by atoms with E-state index in [9.17, 15) is 0 Å². The van der Waals surface area contributed by atoms with Gasteiger partial charge in [-0.3, -0.25) is 0 Å². The van der Waals surface area contributed by atoms with E-state index in [-0.39, 0.29) is 25.8 Å². The van der Waals surface area contributed by atoms with E-state index in [2.05, 4.69) is 38.6 Å². The van der Waals surface area contributed by atoms with Gasteiger partial charge in [-0.05, 0) is 0 Å². The minimum absolute atomic E-state index is 0. The molecule has 0 radical (unpaired) electrons. The van der Waals surface area contributed by atoms with Gasteiger partial charge in [0.25, 0.3) is 0 Å². The summed E-state index contributed by atoms with van der Waals surface area (Å²) in [5.41, 5.74) is 2.57. The van der Waals surface area contributed by atoms with Crippen LogP contribution in [-0.2, 0) is 64.6 Å². The summed E-state index contributed by atoms with van der Waals surface area (Å²) in [5, 5.41) is 0. The first-order chi connectivity index (χ1) is 4.63. The Morgan fingerprint density at radius 2 is 2.00 bits per heavy atom. The zero-order chi connectivity index (χ0) is 7.72. The SMILES string of the molecule is [CH2-]c1ccc([SH2+])c(C)[c]1[Hg].[Hf]. The Kier molecular flexibility index (Phi) is 5.65. The first kappa shape index (κ1) is 12.2. The molecule has 0 N–H and O–H groups in total. The van der Waals surface area contributed by atoms with Gasteiger partial charge in [0.15, 0.2) is 0 Å². The number of rotatable bonds is 0. The van der Waals surface area contributed by atoms with Gasteiger partial charge >= 0.3 is 83.8 Å². The minimum atomic E-state index is 0. The molecule has 0 atom stereocenters. The topological polar surface area (TPSA) is 0 Å². The number of hydrogen-bond acceptors (Lipinski definition) is 0. The molecule has 0 heterocycles. The summed E-state index contributed by atoms with van der Waals surface area (Å²) in [4.78, 5) is 1.21. The zero-order valence-electron chi connectivity index (χ0n) is 6.57. The molecular formula is C8H9HfHgS. The molecule has 0 aliphatic heterocycles. The Morgan fingerprint density at radius 3 is 2.45 bits per heavy atom. The van der Waals surface area contributed by atoms with Gasteiger partial charge in [-0.15, -0.1) is 0 Å². The fraction of sp³-hybridized carbons (Fsp3) is 0.125. The fourth-order valence-electron chi connectivity index (χ4n) is 0.813. The van der Waals surface area contributed by atoms with Gasteiger partial charge in [0.2, 0.25) is 0 Å². The number of benzene rings is 1. The van der Waals surface area contributed by atoms with Crippen LogP contribution in [0.1, 0.15) is 11.1 Å². The number of hydrogen-bond donors (Lipinski definition) is 0. The largest absolute Gasteiger partial charge is 0 e. The maximum absolute atomic E-state index is 3.95. The van der Waals surface area contributed by atoms with Crippen LogP contribution < -0.4 is 3.07 Å². The Labute approximate surface area is 108 Å². The Bertz CT molecular complexity index is 234. The second-order valence-corrected chi connectivity index (χ2v) is 5.66. The van der Waals surface area contributed by atoms with Crippen LogP contribution in [0.5, 0.6) is 0 Å². The molecule has 53 valence electrons. The van der Waals surface area contributed by atoms with Crippen LogP contribution in [0, 0.1) is 13.8 Å². The Balaban J connectivity index is 0.000001000. The third kappa shape index (κ3) is 2.89. The molecular weight excluding hydrogens is 507 g/mol. The third-order valence-corrected chi connectivity index (χ3v) is 6.06. The first-order valence-corrected chi connectivity index (χ1v) is 6.37. The molecule has 0 saturated heterocycles. The van der Waals surface area contributed by atoms with Gasteiger partial charge in [0.1, 0.15) is 0 Å². The van der Waals surface area contributed by atoms with Crippen molar-refractivity contribution in [3.05, 3.63) is 30.2 Å². The van der Waals surface area contributed by atoms with Crippen molar-refractivity contribution >= 4 is 15.7 Å². The monoisotopic (exact) mass is 519 g/mol. The average molecular weight is 516 g/mol. The second kappa shape index (κ2) is 5.08. The van der Waals surface area contributed by atoms with Crippen molar-refractivity contribution in [1.82, 2.24) is 0 Å². The fourth-order valence-corrected chi connectivity index (χ4v) is 2.93. The van der Waals surface area contributed by atoms with E-state index >= 15 is 0 Å². The standard InChI is InChI=1S/C8H8S.Hf.Hg/c1-6-3-4-8(9)7(2)5-6;;/h3-4,9H,1H2,2H3;;/q-1;;/p+1. The molecule has 0 amide bonds.